The molecule has 0 saturated heterocycles. The first-order chi connectivity index (χ1) is 10.7. The minimum atomic E-state index is -3.77. The maximum absolute atomic E-state index is 14.0. The second-order valence-corrected chi connectivity index (χ2v) is 7.16. The van der Waals surface area contributed by atoms with Gasteiger partial charge in [-0.3, -0.25) is 4.79 Å². The van der Waals surface area contributed by atoms with E-state index in [-0.39, 0.29) is 21.2 Å². The number of anilines is 1. The summed E-state index contributed by atoms with van der Waals surface area (Å²) >= 11 is 11.6. The highest BCUT2D eigenvalue weighted by atomic mass is 35.5. The van der Waals surface area contributed by atoms with Gasteiger partial charge in [0.1, 0.15) is 5.82 Å². The molecule has 2 aromatic rings. The molecular formula is C14H11Cl2FN2O3S. The lowest BCUT2D eigenvalue weighted by Crippen LogP contribution is -2.19. The summed E-state index contributed by atoms with van der Waals surface area (Å²) in [6, 6.07) is 7.40. The van der Waals surface area contributed by atoms with E-state index in [1.165, 1.54) is 31.3 Å². The molecule has 0 bridgehead atoms. The number of carbonyl (C=O) groups is 1. The largest absolute Gasteiger partial charge is 0.319 e. The van der Waals surface area contributed by atoms with Crippen LogP contribution >= 0.6 is 23.2 Å². The van der Waals surface area contributed by atoms with Crippen LogP contribution in [0, 0.1) is 5.82 Å². The fraction of sp³-hybridized carbons (Fsp3) is 0.0714. The Morgan fingerprint density at radius 2 is 1.83 bits per heavy atom. The molecule has 0 radical (unpaired) electrons. The highest BCUT2D eigenvalue weighted by Crippen LogP contribution is 2.24. The van der Waals surface area contributed by atoms with Gasteiger partial charge in [-0.25, -0.2) is 17.5 Å². The van der Waals surface area contributed by atoms with Crippen molar-refractivity contribution in [2.45, 2.75) is 4.90 Å². The third-order valence-corrected chi connectivity index (χ3v) is 4.90. The number of sulfonamides is 1. The molecule has 1 amide bonds. The predicted octanol–water partition coefficient (Wildman–Crippen LogP) is 3.29. The number of halogens is 3. The molecule has 0 unspecified atom stereocenters. The second-order valence-electron chi connectivity index (χ2n) is 4.43. The van der Waals surface area contributed by atoms with Crippen molar-refractivity contribution < 1.29 is 17.6 Å². The van der Waals surface area contributed by atoms with E-state index in [2.05, 4.69) is 10.0 Å². The number of amides is 1. The zero-order chi connectivity index (χ0) is 17.2. The Balaban J connectivity index is 2.28. The Labute approximate surface area is 142 Å². The minimum Gasteiger partial charge on any atom is -0.319 e. The first-order valence-corrected chi connectivity index (χ1v) is 8.48. The van der Waals surface area contributed by atoms with Gasteiger partial charge in [-0.15, -0.1) is 0 Å². The van der Waals surface area contributed by atoms with E-state index in [0.717, 1.165) is 12.1 Å². The fourth-order valence-corrected chi connectivity index (χ4v) is 2.98. The maximum Gasteiger partial charge on any atom is 0.257 e. The summed E-state index contributed by atoms with van der Waals surface area (Å²) in [5, 5.41) is 2.80. The Kier molecular flexibility index (Phi) is 5.26. The molecule has 5 nitrogen and oxygen atoms in total. The van der Waals surface area contributed by atoms with Crippen molar-refractivity contribution >= 4 is 44.8 Å². The average molecular weight is 377 g/mol. The van der Waals surface area contributed by atoms with E-state index in [0.29, 0.717) is 5.02 Å². The van der Waals surface area contributed by atoms with Gasteiger partial charge in [0.2, 0.25) is 10.0 Å². The summed E-state index contributed by atoms with van der Waals surface area (Å²) in [5.41, 5.74) is -0.0570. The molecule has 0 fully saturated rings. The second kappa shape index (κ2) is 6.84. The van der Waals surface area contributed by atoms with Crippen LogP contribution in [0.3, 0.4) is 0 Å². The summed E-state index contributed by atoms with van der Waals surface area (Å²) in [6.45, 7) is 0. The Morgan fingerprint density at radius 3 is 2.39 bits per heavy atom. The van der Waals surface area contributed by atoms with Gasteiger partial charge in [-0.2, -0.15) is 0 Å². The molecule has 0 aliphatic carbocycles. The molecular weight excluding hydrogens is 366 g/mol. The van der Waals surface area contributed by atoms with Crippen molar-refractivity contribution in [3.63, 3.8) is 0 Å². The van der Waals surface area contributed by atoms with Crippen LogP contribution in [0.1, 0.15) is 10.4 Å². The van der Waals surface area contributed by atoms with Crippen molar-refractivity contribution in [2.24, 2.45) is 0 Å². The number of nitrogens with one attached hydrogen (secondary N) is 2. The molecule has 0 spiro atoms. The summed E-state index contributed by atoms with van der Waals surface area (Å²) in [7, 11) is -2.55. The van der Waals surface area contributed by atoms with Gasteiger partial charge in [-0.1, -0.05) is 23.2 Å². The third kappa shape index (κ3) is 4.00. The molecule has 2 aromatic carbocycles. The van der Waals surface area contributed by atoms with E-state index in [1.54, 1.807) is 0 Å². The van der Waals surface area contributed by atoms with Gasteiger partial charge in [-0.05, 0) is 43.4 Å². The van der Waals surface area contributed by atoms with Gasteiger partial charge in [0.05, 0.1) is 21.2 Å². The van der Waals surface area contributed by atoms with Crippen molar-refractivity contribution in [3.05, 3.63) is 57.8 Å². The summed E-state index contributed by atoms with van der Waals surface area (Å²) in [5.74, 6) is -1.53. The van der Waals surface area contributed by atoms with E-state index in [1.807, 2.05) is 0 Å². The van der Waals surface area contributed by atoms with Gasteiger partial charge in [0.15, 0.2) is 0 Å². The molecule has 0 atom stereocenters. The van der Waals surface area contributed by atoms with Crippen LogP contribution in [0.4, 0.5) is 10.1 Å². The molecule has 9 heteroatoms. The van der Waals surface area contributed by atoms with E-state index >= 15 is 0 Å². The van der Waals surface area contributed by atoms with E-state index in [4.69, 9.17) is 23.2 Å². The van der Waals surface area contributed by atoms with Gasteiger partial charge < -0.3 is 5.32 Å². The third-order valence-electron chi connectivity index (χ3n) is 2.94. The van der Waals surface area contributed by atoms with Crippen molar-refractivity contribution in [1.29, 1.82) is 0 Å². The van der Waals surface area contributed by atoms with Gasteiger partial charge >= 0.3 is 0 Å². The SMILES string of the molecule is CNS(=O)(=O)c1ccc(NC(=O)c2ccc(Cl)cc2Cl)c(F)c1. The quantitative estimate of drug-likeness (QED) is 0.859. The van der Waals surface area contributed by atoms with E-state index in [9.17, 15) is 17.6 Å². The Morgan fingerprint density at radius 1 is 1.13 bits per heavy atom. The highest BCUT2D eigenvalue weighted by Gasteiger charge is 2.17. The molecule has 0 saturated carbocycles. The molecule has 23 heavy (non-hydrogen) atoms. The zero-order valence-corrected chi connectivity index (χ0v) is 14.1. The fourth-order valence-electron chi connectivity index (χ4n) is 1.75. The molecule has 0 aliphatic rings. The molecule has 122 valence electrons. The van der Waals surface area contributed by atoms with Crippen molar-refractivity contribution in [1.82, 2.24) is 4.72 Å². The van der Waals surface area contributed by atoms with Crippen LogP contribution in [0.25, 0.3) is 0 Å². The number of rotatable bonds is 4. The highest BCUT2D eigenvalue weighted by molar-refractivity contribution is 7.89. The molecule has 2 N–H and O–H groups in total. The lowest BCUT2D eigenvalue weighted by Gasteiger charge is -2.09. The van der Waals surface area contributed by atoms with Crippen LogP contribution in [-0.2, 0) is 10.0 Å². The van der Waals surface area contributed by atoms with Crippen LogP contribution in [0.5, 0.6) is 0 Å². The number of carbonyl (C=O) groups excluding carboxylic acids is 1. The standard InChI is InChI=1S/C14H11Cl2FN2O3S/c1-18-23(21,22)9-3-5-13(12(17)7-9)19-14(20)10-4-2-8(15)6-11(10)16/h2-7,18H,1H3,(H,19,20). The smallest absolute Gasteiger partial charge is 0.257 e. The van der Waals surface area contributed by atoms with Gasteiger partial charge in [0.25, 0.3) is 5.91 Å². The minimum absolute atomic E-state index is 0.113. The number of hydrogen-bond acceptors (Lipinski definition) is 3. The lowest BCUT2D eigenvalue weighted by atomic mass is 10.2. The molecule has 0 heterocycles. The molecule has 0 aromatic heterocycles. The summed E-state index contributed by atoms with van der Waals surface area (Å²) < 4.78 is 39.2. The van der Waals surface area contributed by atoms with E-state index < -0.39 is 21.7 Å². The number of benzene rings is 2. The monoisotopic (exact) mass is 376 g/mol. The normalized spacial score (nSPS) is 11.3. The van der Waals surface area contributed by atoms with Crippen LogP contribution in [0.15, 0.2) is 41.3 Å². The lowest BCUT2D eigenvalue weighted by molar-refractivity contribution is 0.102. The van der Waals surface area contributed by atoms with Crippen LogP contribution < -0.4 is 10.0 Å². The van der Waals surface area contributed by atoms with Gasteiger partial charge in [0, 0.05) is 5.02 Å². The first kappa shape index (κ1) is 17.7. The maximum atomic E-state index is 14.0. The molecule has 0 aliphatic heterocycles. The predicted molar refractivity (Wildman–Crippen MR) is 87.1 cm³/mol. The van der Waals surface area contributed by atoms with Crippen LogP contribution in [-0.4, -0.2) is 21.4 Å². The Bertz CT molecular complexity index is 872. The summed E-state index contributed by atoms with van der Waals surface area (Å²) in [6.07, 6.45) is 0. The zero-order valence-electron chi connectivity index (χ0n) is 11.7. The molecule has 2 rings (SSSR count). The van der Waals surface area contributed by atoms with Crippen LogP contribution in [0.2, 0.25) is 10.0 Å². The van der Waals surface area contributed by atoms with Crippen molar-refractivity contribution in [2.75, 3.05) is 12.4 Å². The first-order valence-electron chi connectivity index (χ1n) is 6.24. The number of hydrogen-bond donors (Lipinski definition) is 2. The Hall–Kier alpha value is -1.67. The van der Waals surface area contributed by atoms with Crippen molar-refractivity contribution in [3.8, 4) is 0 Å². The average Bonchev–Trinajstić information content (AvgIpc) is 2.49. The summed E-state index contributed by atoms with van der Waals surface area (Å²) in [4.78, 5) is 11.9. The topological polar surface area (TPSA) is 75.3 Å².